The second-order valence-electron chi connectivity index (χ2n) is 8.07. The summed E-state index contributed by atoms with van der Waals surface area (Å²) in [6.07, 6.45) is 3.31. The van der Waals surface area contributed by atoms with E-state index in [-0.39, 0.29) is 11.5 Å². The summed E-state index contributed by atoms with van der Waals surface area (Å²) in [5.74, 6) is 0.988. The Kier molecular flexibility index (Phi) is 5.63. The number of fused-ring (bicyclic) bond motifs is 1. The maximum Gasteiger partial charge on any atom is 0.261 e. The van der Waals surface area contributed by atoms with Crippen LogP contribution in [0.5, 0.6) is 0 Å². The molecule has 0 amide bonds. The molecule has 2 heterocycles. The number of rotatable bonds is 3. The van der Waals surface area contributed by atoms with Gasteiger partial charge in [-0.05, 0) is 58.2 Å². The van der Waals surface area contributed by atoms with Gasteiger partial charge in [0.05, 0.1) is 15.6 Å². The van der Waals surface area contributed by atoms with E-state index >= 15 is 0 Å². The van der Waals surface area contributed by atoms with Crippen LogP contribution in [0.4, 0.5) is 0 Å². The molecule has 1 atom stereocenters. The molecule has 1 aliphatic rings. The van der Waals surface area contributed by atoms with Crippen LogP contribution in [0.25, 0.3) is 10.9 Å². The Morgan fingerprint density at radius 2 is 1.96 bits per heavy atom. The van der Waals surface area contributed by atoms with Crippen molar-refractivity contribution in [3.63, 3.8) is 0 Å². The number of hydrogen-bond donors (Lipinski definition) is 0. The van der Waals surface area contributed by atoms with Gasteiger partial charge in [-0.3, -0.25) is 9.36 Å². The minimum Gasteiger partial charge on any atom is -0.381 e. The van der Waals surface area contributed by atoms with Gasteiger partial charge in [-0.25, -0.2) is 9.19 Å². The summed E-state index contributed by atoms with van der Waals surface area (Å²) in [6.45, 7) is 8.95. The summed E-state index contributed by atoms with van der Waals surface area (Å²) < 4.78 is 23.2. The van der Waals surface area contributed by atoms with E-state index in [4.69, 9.17) is 9.72 Å². The average molecular weight is 390 g/mol. The number of aromatic nitrogens is 2. The highest BCUT2D eigenvalue weighted by molar-refractivity contribution is 7.85. The summed E-state index contributed by atoms with van der Waals surface area (Å²) in [7, 11) is 0.417. The zero-order valence-corrected chi connectivity index (χ0v) is 17.4. The van der Waals surface area contributed by atoms with Gasteiger partial charge in [-0.15, -0.1) is 0 Å². The first-order chi connectivity index (χ1) is 12.7. The van der Waals surface area contributed by atoms with Gasteiger partial charge in [0.2, 0.25) is 0 Å². The smallest absolute Gasteiger partial charge is 0.261 e. The normalized spacial score (nSPS) is 17.7. The molecule has 1 aromatic carbocycles. The summed E-state index contributed by atoms with van der Waals surface area (Å²) in [6, 6.07) is 3.79. The van der Waals surface area contributed by atoms with Crippen LogP contribution in [0.15, 0.2) is 21.3 Å². The van der Waals surface area contributed by atoms with Gasteiger partial charge in [0.1, 0.15) is 16.8 Å². The van der Waals surface area contributed by atoms with Crippen molar-refractivity contribution in [2.24, 2.45) is 11.4 Å². The monoisotopic (exact) mass is 389 g/mol. The van der Waals surface area contributed by atoms with Gasteiger partial charge < -0.3 is 4.74 Å². The largest absolute Gasteiger partial charge is 0.381 e. The van der Waals surface area contributed by atoms with Crippen LogP contribution in [0.1, 0.15) is 56.5 Å². The predicted octanol–water partition coefficient (Wildman–Crippen LogP) is 3.02. The van der Waals surface area contributed by atoms with E-state index in [0.717, 1.165) is 29.8 Å². The Morgan fingerprint density at radius 3 is 2.59 bits per heavy atom. The van der Waals surface area contributed by atoms with Gasteiger partial charge in [0.25, 0.3) is 5.56 Å². The van der Waals surface area contributed by atoms with Gasteiger partial charge in [-0.1, -0.05) is 0 Å². The maximum atomic E-state index is 13.0. The fraction of sp³-hybridized carbons (Fsp3) is 0.550. The van der Waals surface area contributed by atoms with E-state index in [1.807, 2.05) is 39.8 Å². The Labute approximate surface area is 162 Å². The average Bonchev–Trinajstić information content (AvgIpc) is 2.62. The molecule has 146 valence electrons. The second-order valence-corrected chi connectivity index (χ2v) is 10.0. The molecule has 1 fully saturated rings. The summed E-state index contributed by atoms with van der Waals surface area (Å²) in [5.41, 5.74) is 2.24. The highest BCUT2D eigenvalue weighted by Crippen LogP contribution is 2.26. The minimum absolute atomic E-state index is 0.0585. The van der Waals surface area contributed by atoms with E-state index in [2.05, 4.69) is 4.40 Å². The fourth-order valence-electron chi connectivity index (χ4n) is 3.25. The third kappa shape index (κ3) is 4.19. The molecular formula is C20H27N3O3S. The highest BCUT2D eigenvalue weighted by Gasteiger charge is 2.22. The number of ether oxygens (including phenoxy) is 1. The van der Waals surface area contributed by atoms with Crippen LogP contribution in [0, 0.1) is 6.92 Å². The first kappa shape index (κ1) is 19.9. The van der Waals surface area contributed by atoms with E-state index in [1.165, 1.54) is 0 Å². The van der Waals surface area contributed by atoms with Crippen LogP contribution in [-0.4, -0.2) is 37.9 Å². The van der Waals surface area contributed by atoms with Crippen LogP contribution < -0.4 is 5.56 Å². The van der Waals surface area contributed by atoms with Crippen LogP contribution in [-0.2, 0) is 22.8 Å². The van der Waals surface area contributed by atoms with Crippen molar-refractivity contribution in [3.8, 4) is 0 Å². The van der Waals surface area contributed by atoms with Crippen molar-refractivity contribution in [1.29, 1.82) is 0 Å². The molecule has 6 nitrogen and oxygen atoms in total. The number of benzene rings is 1. The first-order valence-corrected chi connectivity index (χ1v) is 10.3. The zero-order chi connectivity index (χ0) is 19.8. The van der Waals surface area contributed by atoms with E-state index < -0.39 is 15.7 Å². The lowest BCUT2D eigenvalue weighted by atomic mass is 9.98. The minimum atomic E-state index is -1.36. The van der Waals surface area contributed by atoms with Gasteiger partial charge in [0, 0.05) is 38.0 Å². The van der Waals surface area contributed by atoms with Crippen molar-refractivity contribution in [1.82, 2.24) is 9.55 Å². The zero-order valence-electron chi connectivity index (χ0n) is 16.6. The Hall–Kier alpha value is -1.86. The number of nitrogens with zero attached hydrogens (tertiary/aromatic N) is 3. The van der Waals surface area contributed by atoms with Gasteiger partial charge >= 0.3 is 0 Å². The van der Waals surface area contributed by atoms with Gasteiger partial charge in [-0.2, -0.15) is 4.40 Å². The standard InChI is InChI=1S/C20H27N3O3S/c1-13-10-15(12-21-27(25)20(2,3)4)17-16(11-13)19(24)23(5)18(22-17)14-6-8-26-9-7-14/h10-12,14H,6-9H2,1-5H3/t27-/m1/s1. The molecule has 0 aliphatic carbocycles. The summed E-state index contributed by atoms with van der Waals surface area (Å²) in [4.78, 5) is 17.8. The molecule has 1 saturated heterocycles. The Bertz CT molecular complexity index is 967. The third-order valence-corrected chi connectivity index (χ3v) is 6.13. The molecule has 0 bridgehead atoms. The molecule has 0 saturated carbocycles. The van der Waals surface area contributed by atoms with Crippen molar-refractivity contribution >= 4 is 28.1 Å². The SMILES string of the molecule is Cc1cc(C=N[S@](=O)C(C)(C)C)c2nc(C3CCOCC3)n(C)c(=O)c2c1. The van der Waals surface area contributed by atoms with E-state index in [1.54, 1.807) is 17.8 Å². The lowest BCUT2D eigenvalue weighted by Crippen LogP contribution is -2.27. The van der Waals surface area contributed by atoms with Crippen molar-refractivity contribution < 1.29 is 8.95 Å². The predicted molar refractivity (Wildman–Crippen MR) is 110 cm³/mol. The van der Waals surface area contributed by atoms with Gasteiger partial charge in [0.15, 0.2) is 0 Å². The molecule has 0 radical (unpaired) electrons. The lowest BCUT2D eigenvalue weighted by Gasteiger charge is -2.23. The van der Waals surface area contributed by atoms with Crippen LogP contribution in [0.2, 0.25) is 0 Å². The highest BCUT2D eigenvalue weighted by atomic mass is 32.2. The topological polar surface area (TPSA) is 73.5 Å². The summed E-state index contributed by atoms with van der Waals surface area (Å²) in [5, 5.41) is 0.566. The first-order valence-electron chi connectivity index (χ1n) is 9.23. The Balaban J connectivity index is 2.16. The molecular weight excluding hydrogens is 362 g/mol. The molecule has 0 spiro atoms. The maximum absolute atomic E-state index is 13.0. The summed E-state index contributed by atoms with van der Waals surface area (Å²) >= 11 is 0. The van der Waals surface area contributed by atoms with E-state index in [9.17, 15) is 9.00 Å². The van der Waals surface area contributed by atoms with Crippen molar-refractivity contribution in [2.75, 3.05) is 13.2 Å². The van der Waals surface area contributed by atoms with Crippen molar-refractivity contribution in [2.45, 2.75) is 51.2 Å². The molecule has 27 heavy (non-hydrogen) atoms. The molecule has 3 rings (SSSR count). The third-order valence-electron chi connectivity index (χ3n) is 4.79. The fourth-order valence-corrected chi connectivity index (χ4v) is 3.78. The quantitative estimate of drug-likeness (QED) is 0.757. The second kappa shape index (κ2) is 7.64. The molecule has 1 aliphatic heterocycles. The molecule has 7 heteroatoms. The Morgan fingerprint density at radius 1 is 1.30 bits per heavy atom. The number of hydrogen-bond acceptors (Lipinski definition) is 4. The molecule has 2 aromatic rings. The van der Waals surface area contributed by atoms with E-state index in [0.29, 0.717) is 24.1 Å². The molecule has 0 N–H and O–H groups in total. The molecule has 1 aromatic heterocycles. The van der Waals surface area contributed by atoms with Crippen LogP contribution in [0.3, 0.4) is 0 Å². The lowest BCUT2D eigenvalue weighted by molar-refractivity contribution is 0.0828. The number of aryl methyl sites for hydroxylation is 1. The van der Waals surface area contributed by atoms with Crippen LogP contribution >= 0.6 is 0 Å². The van der Waals surface area contributed by atoms with Crippen molar-refractivity contribution in [3.05, 3.63) is 39.4 Å². The molecule has 0 unspecified atom stereocenters.